The van der Waals surface area contributed by atoms with Gasteiger partial charge >= 0.3 is 10.2 Å². The van der Waals surface area contributed by atoms with Crippen molar-refractivity contribution in [3.8, 4) is 0 Å². The zero-order valence-corrected chi connectivity index (χ0v) is 8.77. The summed E-state index contributed by atoms with van der Waals surface area (Å²) in [6.07, 6.45) is 1.55. The molecule has 0 N–H and O–H groups in total. The van der Waals surface area contributed by atoms with Crippen molar-refractivity contribution in [2.45, 2.75) is 12.8 Å². The van der Waals surface area contributed by atoms with E-state index in [2.05, 4.69) is 4.58 Å². The number of anilines is 1. The molecule has 1 aliphatic heterocycles. The normalized spacial score (nSPS) is 15.9. The summed E-state index contributed by atoms with van der Waals surface area (Å²) in [5, 5.41) is 0. The second kappa shape index (κ2) is 3.62. The lowest BCUT2D eigenvalue weighted by Crippen LogP contribution is -2.33. The summed E-state index contributed by atoms with van der Waals surface area (Å²) >= 11 is 0. The van der Waals surface area contributed by atoms with Gasteiger partial charge in [0.1, 0.15) is 0 Å². The minimum Gasteiger partial charge on any atom is -0.249 e. The Morgan fingerprint density at radius 3 is 2.73 bits per heavy atom. The van der Waals surface area contributed by atoms with E-state index in [1.54, 1.807) is 12.1 Å². The lowest BCUT2D eigenvalue weighted by molar-refractivity contribution is 0.588. The first-order valence-corrected chi connectivity index (χ1v) is 6.00. The van der Waals surface area contributed by atoms with Crippen LogP contribution in [-0.2, 0) is 16.6 Å². The van der Waals surface area contributed by atoms with Gasteiger partial charge in [-0.15, -0.1) is 4.91 Å². The molecule has 0 saturated carbocycles. The molecule has 0 spiro atoms. The van der Waals surface area contributed by atoms with E-state index in [1.807, 2.05) is 12.1 Å². The molecule has 0 saturated heterocycles. The Morgan fingerprint density at radius 2 is 2.00 bits per heavy atom. The summed E-state index contributed by atoms with van der Waals surface area (Å²) in [7, 11) is -4.03. The fourth-order valence-corrected chi connectivity index (χ4v) is 2.65. The van der Waals surface area contributed by atoms with Crippen LogP contribution in [0.4, 0.5) is 5.69 Å². The first kappa shape index (κ1) is 10.1. The molecule has 80 valence electrons. The van der Waals surface area contributed by atoms with Crippen LogP contribution in [0, 0.1) is 4.91 Å². The summed E-state index contributed by atoms with van der Waals surface area (Å²) in [6, 6.07) is 7.15. The summed E-state index contributed by atoms with van der Waals surface area (Å²) in [5.74, 6) is 0. The van der Waals surface area contributed by atoms with Crippen molar-refractivity contribution in [3.63, 3.8) is 0 Å². The smallest absolute Gasteiger partial charge is 0.249 e. The predicted octanol–water partition coefficient (Wildman–Crippen LogP) is 1.45. The van der Waals surface area contributed by atoms with Crippen molar-refractivity contribution in [2.75, 3.05) is 10.8 Å². The Hall–Kier alpha value is -1.43. The Morgan fingerprint density at radius 1 is 1.27 bits per heavy atom. The third-order valence-electron chi connectivity index (χ3n) is 2.44. The molecule has 0 aliphatic carbocycles. The SMILES string of the molecule is O=NS(=O)(=O)N1CCCc2ccccc21. The van der Waals surface area contributed by atoms with Crippen molar-refractivity contribution in [3.05, 3.63) is 34.7 Å². The molecule has 2 rings (SSSR count). The molecule has 0 radical (unpaired) electrons. The van der Waals surface area contributed by atoms with Crippen LogP contribution in [0.1, 0.15) is 12.0 Å². The second-order valence-corrected chi connectivity index (χ2v) is 4.84. The Balaban J connectivity index is 2.51. The minimum absolute atomic E-state index is 0.324. The van der Waals surface area contributed by atoms with Gasteiger partial charge in [0.15, 0.2) is 0 Å². The number of fused-ring (bicyclic) bond motifs is 1. The maximum Gasteiger partial charge on any atom is 0.379 e. The van der Waals surface area contributed by atoms with E-state index in [9.17, 15) is 13.3 Å². The third-order valence-corrected chi connectivity index (χ3v) is 3.56. The van der Waals surface area contributed by atoms with Gasteiger partial charge in [-0.25, -0.2) is 4.31 Å². The van der Waals surface area contributed by atoms with Crippen LogP contribution in [-0.4, -0.2) is 15.0 Å². The predicted molar refractivity (Wildman–Crippen MR) is 56.8 cm³/mol. The first-order chi connectivity index (χ1) is 7.15. The molecular weight excluding hydrogens is 216 g/mol. The zero-order valence-electron chi connectivity index (χ0n) is 7.96. The number of benzene rings is 1. The minimum atomic E-state index is -4.03. The van der Waals surface area contributed by atoms with E-state index in [1.165, 1.54) is 0 Å². The van der Waals surface area contributed by atoms with E-state index < -0.39 is 10.2 Å². The zero-order chi connectivity index (χ0) is 10.9. The Labute approximate surface area is 87.9 Å². The fourth-order valence-electron chi connectivity index (χ4n) is 1.78. The summed E-state index contributed by atoms with van der Waals surface area (Å²) in [5.41, 5.74) is 1.51. The molecule has 6 heteroatoms. The highest BCUT2D eigenvalue weighted by atomic mass is 32.2. The van der Waals surface area contributed by atoms with Gasteiger partial charge in [-0.2, -0.15) is 8.42 Å². The second-order valence-electron chi connectivity index (χ2n) is 3.36. The average molecular weight is 226 g/mol. The van der Waals surface area contributed by atoms with Gasteiger partial charge in [0.05, 0.1) is 10.3 Å². The molecule has 1 aliphatic rings. The molecule has 0 bridgehead atoms. The Bertz CT molecular complexity index is 484. The standard InChI is InChI=1S/C9H10N2O3S/c12-10-15(13,14)11-7-3-5-8-4-1-2-6-9(8)11/h1-2,4,6H,3,5,7H2. The van der Waals surface area contributed by atoms with E-state index in [4.69, 9.17) is 0 Å². The Kier molecular flexibility index (Phi) is 2.44. The molecule has 15 heavy (non-hydrogen) atoms. The van der Waals surface area contributed by atoms with Gasteiger partial charge < -0.3 is 0 Å². The molecule has 0 fully saturated rings. The van der Waals surface area contributed by atoms with Gasteiger partial charge in [-0.3, -0.25) is 0 Å². The van der Waals surface area contributed by atoms with Gasteiger partial charge in [0, 0.05) is 6.54 Å². The van der Waals surface area contributed by atoms with Gasteiger partial charge in [-0.05, 0) is 24.5 Å². The summed E-state index contributed by atoms with van der Waals surface area (Å²) in [6.45, 7) is 0.324. The number of rotatable bonds is 2. The third kappa shape index (κ3) is 1.72. The maximum atomic E-state index is 11.4. The topological polar surface area (TPSA) is 66.8 Å². The fraction of sp³-hybridized carbons (Fsp3) is 0.333. The molecule has 0 atom stereocenters. The number of aryl methyl sites for hydroxylation is 1. The van der Waals surface area contributed by atoms with E-state index >= 15 is 0 Å². The molecule has 5 nitrogen and oxygen atoms in total. The first-order valence-electron chi connectivity index (χ1n) is 4.60. The molecule has 0 amide bonds. The number of hydrogen-bond donors (Lipinski definition) is 0. The van der Waals surface area contributed by atoms with E-state index in [-0.39, 0.29) is 0 Å². The lowest BCUT2D eigenvalue weighted by Gasteiger charge is -2.27. The summed E-state index contributed by atoms with van der Waals surface area (Å²) in [4.78, 5) is 10.3. The molecule has 1 aromatic carbocycles. The van der Waals surface area contributed by atoms with Crippen LogP contribution < -0.4 is 4.31 Å². The van der Waals surface area contributed by atoms with Crippen molar-refractivity contribution in [1.29, 1.82) is 0 Å². The highest BCUT2D eigenvalue weighted by Gasteiger charge is 2.27. The van der Waals surface area contributed by atoms with Crippen molar-refractivity contribution in [1.82, 2.24) is 0 Å². The van der Waals surface area contributed by atoms with Crippen molar-refractivity contribution >= 4 is 15.9 Å². The lowest BCUT2D eigenvalue weighted by atomic mass is 10.0. The van der Waals surface area contributed by atoms with Crippen LogP contribution in [0.15, 0.2) is 28.8 Å². The number of nitroso groups, excluding NO2 is 1. The molecular formula is C9H10N2O3S. The number of hydrogen-bond acceptors (Lipinski definition) is 3. The van der Waals surface area contributed by atoms with Crippen LogP contribution in [0.25, 0.3) is 0 Å². The number of nitrogens with zero attached hydrogens (tertiary/aromatic N) is 2. The van der Waals surface area contributed by atoms with E-state index in [0.717, 1.165) is 16.3 Å². The molecule has 0 aromatic heterocycles. The highest BCUT2D eigenvalue weighted by Crippen LogP contribution is 2.29. The quantitative estimate of drug-likeness (QED) is 0.717. The van der Waals surface area contributed by atoms with Gasteiger partial charge in [0.2, 0.25) is 0 Å². The largest absolute Gasteiger partial charge is 0.379 e. The van der Waals surface area contributed by atoms with Crippen LogP contribution >= 0.6 is 0 Å². The molecule has 1 heterocycles. The molecule has 0 unspecified atom stereocenters. The molecule has 1 aromatic rings. The van der Waals surface area contributed by atoms with Crippen LogP contribution in [0.2, 0.25) is 0 Å². The van der Waals surface area contributed by atoms with Crippen molar-refractivity contribution < 1.29 is 8.42 Å². The monoisotopic (exact) mass is 226 g/mol. The highest BCUT2D eigenvalue weighted by molar-refractivity contribution is 7.91. The van der Waals surface area contributed by atoms with Crippen molar-refractivity contribution in [2.24, 2.45) is 4.58 Å². The van der Waals surface area contributed by atoms with Gasteiger partial charge in [0.25, 0.3) is 0 Å². The summed E-state index contributed by atoms with van der Waals surface area (Å²) < 4.78 is 26.0. The number of para-hydroxylation sites is 1. The maximum absolute atomic E-state index is 11.4. The average Bonchev–Trinajstić information content (AvgIpc) is 2.28. The van der Waals surface area contributed by atoms with Crippen LogP contribution in [0.5, 0.6) is 0 Å². The van der Waals surface area contributed by atoms with E-state index in [0.29, 0.717) is 18.7 Å². The van der Waals surface area contributed by atoms with Crippen LogP contribution in [0.3, 0.4) is 0 Å². The van der Waals surface area contributed by atoms with Gasteiger partial charge in [-0.1, -0.05) is 18.2 Å².